The molecule has 0 aliphatic heterocycles. The van der Waals surface area contributed by atoms with Crippen molar-refractivity contribution in [2.24, 2.45) is 16.7 Å². The van der Waals surface area contributed by atoms with E-state index in [0.29, 0.717) is 13.0 Å². The monoisotopic (exact) mass is 501 g/mol. The zero-order chi connectivity index (χ0) is 25.8. The molecule has 0 radical (unpaired) electrons. The molecule has 1 atom stereocenters. The summed E-state index contributed by atoms with van der Waals surface area (Å²) in [5.41, 5.74) is -0.720. The molecule has 32 heavy (non-hydrogen) atoms. The van der Waals surface area contributed by atoms with Crippen LogP contribution in [0.15, 0.2) is 36.5 Å². The molecule has 0 rings (SSSR count). The quantitative estimate of drug-likeness (QED) is 0.232. The molecule has 0 aromatic rings. The smallest absolute Gasteiger partial charge is 0.309 e. The van der Waals surface area contributed by atoms with Gasteiger partial charge in [-0.25, -0.2) is 0 Å². The normalized spacial score (nSPS) is 13.8. The van der Waals surface area contributed by atoms with Crippen molar-refractivity contribution in [2.75, 3.05) is 12.8 Å². The molecule has 0 heterocycles. The molecular formula is C25H43NO3S3. The molecule has 0 aliphatic rings. The van der Waals surface area contributed by atoms with Gasteiger partial charge in [-0.1, -0.05) is 70.8 Å². The lowest BCUT2D eigenvalue weighted by Gasteiger charge is -2.43. The van der Waals surface area contributed by atoms with Crippen LogP contribution in [-0.2, 0) is 9.59 Å². The van der Waals surface area contributed by atoms with Crippen molar-refractivity contribution in [1.82, 2.24) is 5.32 Å². The van der Waals surface area contributed by atoms with Gasteiger partial charge in [0.25, 0.3) is 0 Å². The van der Waals surface area contributed by atoms with E-state index in [0.717, 1.165) is 9.10 Å². The molecule has 0 aromatic heterocycles. The van der Waals surface area contributed by atoms with Crippen LogP contribution in [0.4, 0.5) is 0 Å². The predicted octanol–water partition coefficient (Wildman–Crippen LogP) is 7.12. The molecule has 0 fully saturated rings. The van der Waals surface area contributed by atoms with E-state index in [1.165, 1.54) is 23.5 Å². The minimum Gasteiger partial charge on any atom is -0.481 e. The van der Waals surface area contributed by atoms with Crippen LogP contribution < -0.4 is 5.32 Å². The van der Waals surface area contributed by atoms with Crippen molar-refractivity contribution in [3.63, 3.8) is 0 Å². The van der Waals surface area contributed by atoms with Crippen molar-refractivity contribution in [3.05, 3.63) is 36.5 Å². The van der Waals surface area contributed by atoms with Gasteiger partial charge in [0, 0.05) is 11.3 Å². The van der Waals surface area contributed by atoms with E-state index in [9.17, 15) is 14.7 Å². The number of rotatable bonds is 11. The van der Waals surface area contributed by atoms with E-state index >= 15 is 0 Å². The Labute approximate surface area is 210 Å². The zero-order valence-electron chi connectivity index (χ0n) is 21.5. The summed E-state index contributed by atoms with van der Waals surface area (Å²) >= 11 is 8.38. The fourth-order valence-electron chi connectivity index (χ4n) is 2.77. The third kappa shape index (κ3) is 10.3. The maximum absolute atomic E-state index is 13.3. The Morgan fingerprint density at radius 1 is 1.16 bits per heavy atom. The van der Waals surface area contributed by atoms with E-state index < -0.39 is 27.5 Å². The van der Waals surface area contributed by atoms with Gasteiger partial charge in [0.2, 0.25) is 5.91 Å². The van der Waals surface area contributed by atoms with Gasteiger partial charge >= 0.3 is 5.97 Å². The van der Waals surface area contributed by atoms with Gasteiger partial charge in [0.05, 0.1) is 11.3 Å². The number of carbonyl (C=O) groups is 2. The molecule has 0 aliphatic carbocycles. The summed E-state index contributed by atoms with van der Waals surface area (Å²) in [4.78, 5) is 25.2. The number of thiocarbonyl (C=S) groups is 1. The van der Waals surface area contributed by atoms with E-state index in [4.69, 9.17) is 12.2 Å². The number of carboxylic acid groups (broad SMARTS) is 1. The fourth-order valence-corrected chi connectivity index (χ4v) is 5.15. The lowest BCUT2D eigenvalue weighted by molar-refractivity contribution is -0.155. The maximum atomic E-state index is 13.3. The number of hydrogen-bond donors (Lipinski definition) is 2. The van der Waals surface area contributed by atoms with Gasteiger partial charge in [-0.05, 0) is 58.3 Å². The van der Waals surface area contributed by atoms with Crippen LogP contribution in [0.5, 0.6) is 0 Å². The van der Waals surface area contributed by atoms with Crippen molar-refractivity contribution >= 4 is 51.1 Å². The lowest BCUT2D eigenvalue weighted by atomic mass is 9.62. The first-order valence-electron chi connectivity index (χ1n) is 10.9. The first-order valence-corrected chi connectivity index (χ1v) is 13.3. The Balaban J connectivity index is 0. The Hall–Kier alpha value is -1.05. The van der Waals surface area contributed by atoms with Crippen molar-refractivity contribution in [2.45, 2.75) is 73.5 Å². The van der Waals surface area contributed by atoms with Gasteiger partial charge in [-0.2, -0.15) is 0 Å². The van der Waals surface area contributed by atoms with Gasteiger partial charge in [0.15, 0.2) is 0 Å². The van der Waals surface area contributed by atoms with Crippen molar-refractivity contribution < 1.29 is 14.7 Å². The zero-order valence-corrected chi connectivity index (χ0v) is 23.9. The summed E-state index contributed by atoms with van der Waals surface area (Å²) in [6.45, 7) is 21.3. The standard InChI is InChI=1S/C23H37NO3S3.C2H6/c1-10-12-13-16(11-2)15-24-18(25)17(23(7,8)30-20(28)29-9)14-21(3,4)22(5,6)19(26)27;1-2/h10-13,17H,2,14-15H2,1,3-9H3,(H,24,25)(H,26,27);1-2H3/b12-10-,16-13+;. The number of aliphatic carboxylic acids is 1. The molecule has 7 heteroatoms. The SMILES string of the molecule is C=C/C(=C\C=C/C)CNC(=O)C(CC(C)(C)C(C)(C)C(=O)O)C(C)(C)SC(=S)SC.CC. The van der Waals surface area contributed by atoms with Crippen molar-refractivity contribution in [1.29, 1.82) is 0 Å². The third-order valence-electron chi connectivity index (χ3n) is 5.84. The summed E-state index contributed by atoms with van der Waals surface area (Å²) in [7, 11) is 0. The number of hydrogen-bond acceptors (Lipinski definition) is 5. The number of carbonyl (C=O) groups excluding carboxylic acids is 1. The van der Waals surface area contributed by atoms with E-state index in [1.807, 2.05) is 72.9 Å². The van der Waals surface area contributed by atoms with E-state index in [1.54, 1.807) is 19.9 Å². The number of nitrogens with one attached hydrogen (secondary N) is 1. The number of amides is 1. The molecule has 184 valence electrons. The highest BCUT2D eigenvalue weighted by Crippen LogP contribution is 2.48. The molecule has 0 aromatic carbocycles. The number of allylic oxidation sites excluding steroid dienone is 3. The predicted molar refractivity (Wildman–Crippen MR) is 149 cm³/mol. The minimum absolute atomic E-state index is 0.112. The van der Waals surface area contributed by atoms with Crippen LogP contribution >= 0.6 is 35.7 Å². The molecule has 2 N–H and O–H groups in total. The van der Waals surface area contributed by atoms with Crippen LogP contribution in [0.25, 0.3) is 0 Å². The molecule has 1 unspecified atom stereocenters. The summed E-state index contributed by atoms with van der Waals surface area (Å²) in [6.07, 6.45) is 9.76. The highest BCUT2D eigenvalue weighted by Gasteiger charge is 2.48. The minimum atomic E-state index is -0.996. The fraction of sp³-hybridized carbons (Fsp3) is 0.640. The van der Waals surface area contributed by atoms with Crippen molar-refractivity contribution in [3.8, 4) is 0 Å². The molecule has 0 saturated carbocycles. The topological polar surface area (TPSA) is 66.4 Å². The number of carboxylic acids is 1. The Bertz CT molecular complexity index is 707. The molecule has 0 saturated heterocycles. The molecule has 0 spiro atoms. The van der Waals surface area contributed by atoms with Crippen LogP contribution in [-0.4, -0.2) is 38.1 Å². The second kappa shape index (κ2) is 15.0. The first kappa shape index (κ1) is 33.1. The lowest BCUT2D eigenvalue weighted by Crippen LogP contribution is -2.48. The molecular weight excluding hydrogens is 458 g/mol. The molecule has 1 amide bonds. The van der Waals surface area contributed by atoms with E-state index in [2.05, 4.69) is 11.9 Å². The average Bonchev–Trinajstić information content (AvgIpc) is 2.72. The van der Waals surface area contributed by atoms with Gasteiger partial charge in [-0.15, -0.1) is 23.5 Å². The average molecular weight is 502 g/mol. The highest BCUT2D eigenvalue weighted by atomic mass is 32.2. The van der Waals surface area contributed by atoms with E-state index in [-0.39, 0.29) is 5.91 Å². The highest BCUT2D eigenvalue weighted by molar-refractivity contribution is 8.47. The van der Waals surface area contributed by atoms with Gasteiger partial charge in [0.1, 0.15) is 3.53 Å². The Morgan fingerprint density at radius 3 is 2.09 bits per heavy atom. The van der Waals surface area contributed by atoms with Gasteiger partial charge in [-0.3, -0.25) is 9.59 Å². The van der Waals surface area contributed by atoms with Crippen LogP contribution in [0.3, 0.4) is 0 Å². The molecule has 0 bridgehead atoms. The second-order valence-corrected chi connectivity index (χ2v) is 12.6. The number of thioether (sulfide) groups is 2. The summed E-state index contributed by atoms with van der Waals surface area (Å²) in [5.74, 6) is -1.42. The second-order valence-electron chi connectivity index (χ2n) is 8.92. The molecule has 4 nitrogen and oxygen atoms in total. The Kier molecular flexibility index (Phi) is 15.5. The first-order chi connectivity index (χ1) is 14.7. The maximum Gasteiger partial charge on any atom is 0.309 e. The van der Waals surface area contributed by atoms with Crippen LogP contribution in [0.2, 0.25) is 0 Å². The Morgan fingerprint density at radius 2 is 1.69 bits per heavy atom. The largest absolute Gasteiger partial charge is 0.481 e. The summed E-state index contributed by atoms with van der Waals surface area (Å²) < 4.78 is 0.255. The third-order valence-corrected chi connectivity index (χ3v) is 8.65. The van der Waals surface area contributed by atoms with Crippen LogP contribution in [0, 0.1) is 16.7 Å². The van der Waals surface area contributed by atoms with Crippen LogP contribution in [0.1, 0.15) is 68.7 Å². The summed E-state index contributed by atoms with van der Waals surface area (Å²) in [6, 6.07) is 0. The summed E-state index contributed by atoms with van der Waals surface area (Å²) in [5, 5.41) is 12.8. The van der Waals surface area contributed by atoms with Gasteiger partial charge < -0.3 is 10.4 Å².